The van der Waals surface area contributed by atoms with Crippen molar-refractivity contribution >= 4 is 27.6 Å². The Hall–Kier alpha value is -1.76. The molecule has 3 rings (SSSR count). The van der Waals surface area contributed by atoms with Gasteiger partial charge in [-0.15, -0.1) is 5.39 Å². The monoisotopic (exact) mass is 343 g/mol. The van der Waals surface area contributed by atoms with Crippen LogP contribution in [-0.4, -0.2) is 11.0 Å². The van der Waals surface area contributed by atoms with Crippen LogP contribution in [0.2, 0.25) is 0 Å². The molecule has 0 aliphatic rings. The van der Waals surface area contributed by atoms with Gasteiger partial charge >= 0.3 is 20.4 Å². The zero-order valence-corrected chi connectivity index (χ0v) is 11.8. The minimum absolute atomic E-state index is 0. The first-order valence-corrected chi connectivity index (χ1v) is 5.50. The summed E-state index contributed by atoms with van der Waals surface area (Å²) in [6.07, 6.45) is 2.88. The fourth-order valence-electron chi connectivity index (χ4n) is 1.76. The van der Waals surface area contributed by atoms with Gasteiger partial charge in [-0.3, -0.25) is 0 Å². The predicted molar refractivity (Wildman–Crippen MR) is 68.8 cm³/mol. The molecule has 0 N–H and O–H groups in total. The molecule has 19 heavy (non-hydrogen) atoms. The zero-order chi connectivity index (χ0) is 13.0. The van der Waals surface area contributed by atoms with E-state index in [1.807, 2.05) is 24.3 Å². The average molecular weight is 344 g/mol. The summed E-state index contributed by atoms with van der Waals surface area (Å²) >= 11 is 0. The summed E-state index contributed by atoms with van der Waals surface area (Å²) < 4.78 is 0. The molecule has 0 aliphatic heterocycles. The summed E-state index contributed by atoms with van der Waals surface area (Å²) in [5, 5.41) is 12.5. The second-order valence-corrected chi connectivity index (χ2v) is 3.79. The molecule has 1 aromatic heterocycles. The summed E-state index contributed by atoms with van der Waals surface area (Å²) in [4.78, 5) is 13.2. The summed E-state index contributed by atoms with van der Waals surface area (Å²) in [5.41, 5.74) is 1.03. The average Bonchev–Trinajstić information content (AvgIpc) is 2.38. The number of carboxylic acid groups (broad SMARTS) is 1. The number of carbonyl (C=O) groups excluding carboxylic acids is 1. The Morgan fingerprint density at radius 3 is 2.47 bits per heavy atom. The summed E-state index contributed by atoms with van der Waals surface area (Å²) in [6.45, 7) is 0.972. The van der Waals surface area contributed by atoms with E-state index in [4.69, 9.17) is 9.90 Å². The van der Waals surface area contributed by atoms with Gasteiger partial charge in [0.25, 0.3) is 0 Å². The van der Waals surface area contributed by atoms with Gasteiger partial charge < -0.3 is 14.9 Å². The molecule has 3 aromatic rings. The van der Waals surface area contributed by atoms with E-state index in [2.05, 4.69) is 35.4 Å². The van der Waals surface area contributed by atoms with Crippen molar-refractivity contribution in [1.29, 1.82) is 0 Å². The van der Waals surface area contributed by atoms with Crippen molar-refractivity contribution in [2.24, 2.45) is 0 Å². The third-order valence-electron chi connectivity index (χ3n) is 2.45. The molecule has 0 saturated carbocycles. The number of carbonyl (C=O) groups is 1. The van der Waals surface area contributed by atoms with E-state index < -0.39 is 5.97 Å². The Morgan fingerprint density at radius 1 is 1.11 bits per heavy atom. The molecule has 3 nitrogen and oxygen atoms in total. The number of hydrogen-bond acceptors (Lipinski definition) is 3. The largest absolute Gasteiger partial charge is 2.00 e. The topological polar surface area (TPSA) is 53.0 Å². The quantitative estimate of drug-likeness (QED) is 0.356. The van der Waals surface area contributed by atoms with E-state index in [1.54, 1.807) is 0 Å². The maximum absolute atomic E-state index is 8.89. The van der Waals surface area contributed by atoms with Gasteiger partial charge in [0.1, 0.15) is 0 Å². The van der Waals surface area contributed by atoms with Gasteiger partial charge in [-0.05, 0) is 23.2 Å². The van der Waals surface area contributed by atoms with Crippen molar-refractivity contribution in [3.8, 4) is 0 Å². The zero-order valence-electron chi connectivity index (χ0n) is 10.2. The molecule has 0 unspecified atom stereocenters. The van der Waals surface area contributed by atoms with Crippen molar-refractivity contribution in [2.45, 2.75) is 6.92 Å². The third-order valence-corrected chi connectivity index (χ3v) is 2.45. The number of hydrogen-bond donors (Lipinski definition) is 0. The normalized spacial score (nSPS) is 9.32. The second kappa shape index (κ2) is 6.99. The molecule has 0 atom stereocenters. The van der Waals surface area contributed by atoms with E-state index in [0.717, 1.165) is 12.4 Å². The molecule has 98 valence electrons. The maximum Gasteiger partial charge on any atom is 2.00 e. The van der Waals surface area contributed by atoms with Gasteiger partial charge in [0.05, 0.1) is 0 Å². The number of aromatic nitrogens is 1. The molecule has 4 heteroatoms. The number of rotatable bonds is 0. The molecule has 0 saturated heterocycles. The molecule has 0 amide bonds. The van der Waals surface area contributed by atoms with Crippen molar-refractivity contribution in [2.75, 3.05) is 0 Å². The number of carboxylic acids is 1. The molecule has 0 fully saturated rings. The van der Waals surface area contributed by atoms with Crippen LogP contribution in [0.5, 0.6) is 0 Å². The first-order chi connectivity index (χ1) is 8.68. The second-order valence-electron chi connectivity index (χ2n) is 3.79. The van der Waals surface area contributed by atoms with Crippen LogP contribution in [-0.2, 0) is 25.2 Å². The van der Waals surface area contributed by atoms with Crippen LogP contribution in [0.1, 0.15) is 6.92 Å². The van der Waals surface area contributed by atoms with Crippen LogP contribution in [0.4, 0.5) is 0 Å². The van der Waals surface area contributed by atoms with Crippen LogP contribution < -0.4 is 5.11 Å². The van der Waals surface area contributed by atoms with Crippen molar-refractivity contribution in [3.63, 3.8) is 0 Å². The number of fused-ring (bicyclic) bond motifs is 3. The Morgan fingerprint density at radius 2 is 1.74 bits per heavy atom. The van der Waals surface area contributed by atoms with E-state index in [1.165, 1.54) is 16.2 Å². The van der Waals surface area contributed by atoms with E-state index in [-0.39, 0.29) is 20.4 Å². The Labute approximate surface area is 124 Å². The van der Waals surface area contributed by atoms with Crippen LogP contribution in [0.3, 0.4) is 0 Å². The first kappa shape index (κ1) is 15.3. The van der Waals surface area contributed by atoms with Gasteiger partial charge in [-0.2, -0.15) is 12.1 Å². The third kappa shape index (κ3) is 3.85. The summed E-state index contributed by atoms with van der Waals surface area (Å²) in [5.74, 6) is -1.08. The first-order valence-electron chi connectivity index (χ1n) is 5.50. The summed E-state index contributed by atoms with van der Waals surface area (Å²) in [7, 11) is 0. The van der Waals surface area contributed by atoms with Crippen LogP contribution in [0.15, 0.2) is 48.5 Å². The molecular formula is C15H11NO2Pd. The minimum Gasteiger partial charge on any atom is -0.550 e. The minimum atomic E-state index is -1.08. The van der Waals surface area contributed by atoms with Crippen molar-refractivity contribution < 1.29 is 30.3 Å². The van der Waals surface area contributed by atoms with Gasteiger partial charge in [-0.1, -0.05) is 42.6 Å². The van der Waals surface area contributed by atoms with Crippen molar-refractivity contribution in [3.05, 3.63) is 54.7 Å². The number of nitrogens with zero attached hydrogens (tertiary/aromatic N) is 1. The van der Waals surface area contributed by atoms with Gasteiger partial charge in [-0.25, -0.2) is 0 Å². The molecule has 2 aromatic carbocycles. The van der Waals surface area contributed by atoms with E-state index >= 15 is 0 Å². The fraction of sp³-hybridized carbons (Fsp3) is 0.0667. The van der Waals surface area contributed by atoms with Gasteiger partial charge in [0.15, 0.2) is 0 Å². The standard InChI is InChI=1S/C13H8N.C2H4O2.Pd/c1-2-6-12-10(4-1)7-8-11-5-3-9-14-13(11)12;1-2(3)4;/h1-8H;1H3,(H,3,4);/q-1;;+2/p-1. The Bertz CT molecular complexity index is 639. The van der Waals surface area contributed by atoms with Crippen LogP contribution in [0.25, 0.3) is 21.7 Å². The van der Waals surface area contributed by atoms with E-state index in [9.17, 15) is 0 Å². The van der Waals surface area contributed by atoms with E-state index in [0.29, 0.717) is 0 Å². The number of pyridine rings is 1. The molecule has 0 spiro atoms. The molecular weight excluding hydrogens is 333 g/mol. The molecule has 0 bridgehead atoms. The van der Waals surface area contributed by atoms with Crippen LogP contribution in [0, 0.1) is 6.20 Å². The predicted octanol–water partition coefficient (Wildman–Crippen LogP) is 1.94. The Balaban J connectivity index is 0.000000323. The fourth-order valence-corrected chi connectivity index (χ4v) is 1.76. The summed E-state index contributed by atoms with van der Waals surface area (Å²) in [6, 6.07) is 16.4. The smallest absolute Gasteiger partial charge is 0.550 e. The van der Waals surface area contributed by atoms with Gasteiger partial charge in [0, 0.05) is 5.97 Å². The molecule has 0 radical (unpaired) electrons. The Kier molecular flexibility index (Phi) is 5.63. The molecule has 1 heterocycles. The number of benzene rings is 2. The van der Waals surface area contributed by atoms with Crippen molar-refractivity contribution in [1.82, 2.24) is 4.98 Å². The van der Waals surface area contributed by atoms with Crippen LogP contribution >= 0.6 is 0 Å². The maximum atomic E-state index is 8.89. The van der Waals surface area contributed by atoms with Gasteiger partial charge in [0.2, 0.25) is 0 Å². The number of aliphatic carboxylic acids is 1. The molecule has 0 aliphatic carbocycles. The SMILES string of the molecule is CC(=O)[O-].[Pd+2].[c-]1ccc2ccc3ccccc3c2n1.